The van der Waals surface area contributed by atoms with Gasteiger partial charge in [0.15, 0.2) is 0 Å². The highest BCUT2D eigenvalue weighted by molar-refractivity contribution is 6.30. The van der Waals surface area contributed by atoms with Crippen LogP contribution in [0.2, 0.25) is 5.02 Å². The summed E-state index contributed by atoms with van der Waals surface area (Å²) in [6.07, 6.45) is 1.84. The molecule has 0 fully saturated rings. The number of hydrogen-bond acceptors (Lipinski definition) is 3. The van der Waals surface area contributed by atoms with Crippen molar-refractivity contribution in [2.24, 2.45) is 4.99 Å². The van der Waals surface area contributed by atoms with Crippen molar-refractivity contribution < 1.29 is 9.53 Å². The average Bonchev–Trinajstić information content (AvgIpc) is 2.94. The lowest BCUT2D eigenvalue weighted by molar-refractivity contribution is 0.0601. The van der Waals surface area contributed by atoms with E-state index in [0.717, 1.165) is 28.3 Å². The van der Waals surface area contributed by atoms with Crippen LogP contribution in [0.3, 0.4) is 0 Å². The molecule has 1 aromatic heterocycles. The highest BCUT2D eigenvalue weighted by Crippen LogP contribution is 2.22. The van der Waals surface area contributed by atoms with Gasteiger partial charge in [0, 0.05) is 33.9 Å². The lowest BCUT2D eigenvalue weighted by Gasteiger charge is -2.09. The van der Waals surface area contributed by atoms with Crippen LogP contribution in [0.4, 0.5) is 5.69 Å². The van der Waals surface area contributed by atoms with E-state index in [1.807, 2.05) is 30.5 Å². The lowest BCUT2D eigenvalue weighted by atomic mass is 10.2. The predicted octanol–water partition coefficient (Wildman–Crippen LogP) is 5.28. The summed E-state index contributed by atoms with van der Waals surface area (Å²) in [6.45, 7) is 4.12. The Morgan fingerprint density at radius 3 is 2.35 bits per heavy atom. The Balaban J connectivity index is 1.86. The van der Waals surface area contributed by atoms with Gasteiger partial charge >= 0.3 is 5.97 Å². The van der Waals surface area contributed by atoms with E-state index in [4.69, 9.17) is 16.3 Å². The second-order valence-electron chi connectivity index (χ2n) is 5.93. The maximum atomic E-state index is 11.5. The highest BCUT2D eigenvalue weighted by atomic mass is 35.5. The first-order chi connectivity index (χ1) is 12.5. The first kappa shape index (κ1) is 18.0. The number of halogens is 1. The molecule has 4 nitrogen and oxygen atoms in total. The van der Waals surface area contributed by atoms with Gasteiger partial charge in [0.25, 0.3) is 0 Å². The molecular formula is C21H19ClN2O2. The molecule has 0 aliphatic carbocycles. The van der Waals surface area contributed by atoms with Crippen LogP contribution >= 0.6 is 11.6 Å². The number of aryl methyl sites for hydroxylation is 1. The summed E-state index contributed by atoms with van der Waals surface area (Å²) >= 11 is 5.98. The third kappa shape index (κ3) is 3.70. The Morgan fingerprint density at radius 1 is 1.08 bits per heavy atom. The first-order valence-corrected chi connectivity index (χ1v) is 8.54. The molecule has 132 valence electrons. The zero-order valence-corrected chi connectivity index (χ0v) is 15.6. The minimum atomic E-state index is -0.355. The van der Waals surface area contributed by atoms with Gasteiger partial charge in [-0.05, 0) is 68.4 Å². The summed E-state index contributed by atoms with van der Waals surface area (Å²) in [5.74, 6) is -0.355. The Kier molecular flexibility index (Phi) is 5.24. The number of rotatable bonds is 4. The Bertz CT molecular complexity index is 955. The van der Waals surface area contributed by atoms with Crippen LogP contribution in [0.15, 0.2) is 59.6 Å². The molecule has 0 amide bonds. The van der Waals surface area contributed by atoms with Gasteiger partial charge in [-0.25, -0.2) is 4.79 Å². The van der Waals surface area contributed by atoms with E-state index in [2.05, 4.69) is 29.5 Å². The number of ether oxygens (including phenoxy) is 1. The SMILES string of the molecule is COC(=O)c1ccc(N=Cc2cc(C)n(-c3ccc(Cl)cc3)c2C)cc1. The van der Waals surface area contributed by atoms with Gasteiger partial charge in [0.05, 0.1) is 18.4 Å². The molecule has 3 aromatic rings. The minimum absolute atomic E-state index is 0.355. The molecule has 26 heavy (non-hydrogen) atoms. The maximum Gasteiger partial charge on any atom is 0.337 e. The summed E-state index contributed by atoms with van der Waals surface area (Å²) in [5.41, 5.74) is 5.59. The standard InChI is InChI=1S/C21H19ClN2O2/c1-14-12-17(15(2)24(14)20-10-6-18(22)7-11-20)13-23-19-8-4-16(5-9-19)21(25)26-3/h4-13H,1-3H3. The van der Waals surface area contributed by atoms with Crippen LogP contribution in [-0.2, 0) is 4.74 Å². The summed E-state index contributed by atoms with van der Waals surface area (Å²) < 4.78 is 6.86. The van der Waals surface area contributed by atoms with Gasteiger partial charge in [-0.3, -0.25) is 4.99 Å². The van der Waals surface area contributed by atoms with Crippen LogP contribution in [0.1, 0.15) is 27.3 Å². The van der Waals surface area contributed by atoms with Crippen LogP contribution < -0.4 is 0 Å². The summed E-state index contributed by atoms with van der Waals surface area (Å²) in [7, 11) is 1.37. The zero-order valence-electron chi connectivity index (χ0n) is 14.9. The number of nitrogens with zero attached hydrogens (tertiary/aromatic N) is 2. The number of carbonyl (C=O) groups excluding carboxylic acids is 1. The van der Waals surface area contributed by atoms with E-state index < -0.39 is 0 Å². The number of hydrogen-bond donors (Lipinski definition) is 0. The number of benzene rings is 2. The van der Waals surface area contributed by atoms with E-state index in [9.17, 15) is 4.79 Å². The maximum absolute atomic E-state index is 11.5. The number of aromatic nitrogens is 1. The summed E-state index contributed by atoms with van der Waals surface area (Å²) in [5, 5.41) is 0.716. The van der Waals surface area contributed by atoms with Crippen molar-refractivity contribution in [2.75, 3.05) is 7.11 Å². The smallest absolute Gasteiger partial charge is 0.337 e. The van der Waals surface area contributed by atoms with Gasteiger partial charge in [-0.2, -0.15) is 0 Å². The molecule has 0 saturated carbocycles. The summed E-state index contributed by atoms with van der Waals surface area (Å²) in [4.78, 5) is 16.0. The largest absolute Gasteiger partial charge is 0.465 e. The third-order valence-electron chi connectivity index (χ3n) is 4.20. The van der Waals surface area contributed by atoms with E-state index in [0.29, 0.717) is 10.6 Å². The fraction of sp³-hybridized carbons (Fsp3) is 0.143. The lowest BCUT2D eigenvalue weighted by Crippen LogP contribution is -2.00. The molecule has 0 aliphatic rings. The zero-order chi connectivity index (χ0) is 18.7. The second kappa shape index (κ2) is 7.58. The van der Waals surface area contributed by atoms with Crippen LogP contribution in [0, 0.1) is 13.8 Å². The van der Waals surface area contributed by atoms with E-state index in [1.165, 1.54) is 7.11 Å². The topological polar surface area (TPSA) is 43.6 Å². The van der Waals surface area contributed by atoms with E-state index in [-0.39, 0.29) is 5.97 Å². The molecule has 0 unspecified atom stereocenters. The first-order valence-electron chi connectivity index (χ1n) is 8.17. The molecular weight excluding hydrogens is 348 g/mol. The Hall–Kier alpha value is -2.85. The van der Waals surface area contributed by atoms with Crippen molar-refractivity contribution in [1.29, 1.82) is 0 Å². The fourth-order valence-electron chi connectivity index (χ4n) is 2.85. The van der Waals surface area contributed by atoms with Gasteiger partial charge in [0.1, 0.15) is 0 Å². The van der Waals surface area contributed by atoms with Gasteiger partial charge in [0.2, 0.25) is 0 Å². The van der Waals surface area contributed by atoms with Crippen molar-refractivity contribution in [1.82, 2.24) is 4.57 Å². The molecule has 3 rings (SSSR count). The third-order valence-corrected chi connectivity index (χ3v) is 4.45. The molecule has 2 aromatic carbocycles. The summed E-state index contributed by atoms with van der Waals surface area (Å²) in [6, 6.07) is 16.8. The van der Waals surface area contributed by atoms with E-state index in [1.54, 1.807) is 24.3 Å². The van der Waals surface area contributed by atoms with E-state index >= 15 is 0 Å². The quantitative estimate of drug-likeness (QED) is 0.465. The molecule has 0 radical (unpaired) electrons. The van der Waals surface area contributed by atoms with Gasteiger partial charge in [-0.15, -0.1) is 0 Å². The Morgan fingerprint density at radius 2 is 1.73 bits per heavy atom. The average molecular weight is 367 g/mol. The van der Waals surface area contributed by atoms with Crippen LogP contribution in [0.25, 0.3) is 5.69 Å². The van der Waals surface area contributed by atoms with Gasteiger partial charge < -0.3 is 9.30 Å². The molecule has 0 bridgehead atoms. The van der Waals surface area contributed by atoms with Gasteiger partial charge in [-0.1, -0.05) is 11.6 Å². The minimum Gasteiger partial charge on any atom is -0.465 e. The molecule has 0 spiro atoms. The monoisotopic (exact) mass is 366 g/mol. The number of carbonyl (C=O) groups is 1. The molecule has 1 heterocycles. The molecule has 0 atom stereocenters. The van der Waals surface area contributed by atoms with Crippen molar-refractivity contribution in [3.63, 3.8) is 0 Å². The number of methoxy groups -OCH3 is 1. The van der Waals surface area contributed by atoms with Crippen molar-refractivity contribution in [2.45, 2.75) is 13.8 Å². The fourth-order valence-corrected chi connectivity index (χ4v) is 2.98. The number of esters is 1. The molecule has 5 heteroatoms. The van der Waals surface area contributed by atoms with Crippen molar-refractivity contribution in [3.8, 4) is 5.69 Å². The van der Waals surface area contributed by atoms with Crippen LogP contribution in [-0.4, -0.2) is 23.9 Å². The highest BCUT2D eigenvalue weighted by Gasteiger charge is 2.09. The van der Waals surface area contributed by atoms with Crippen LogP contribution in [0.5, 0.6) is 0 Å². The molecule has 0 aliphatic heterocycles. The van der Waals surface area contributed by atoms with Crippen molar-refractivity contribution >= 4 is 29.5 Å². The molecule has 0 N–H and O–H groups in total. The number of aliphatic imine (C=N–C) groups is 1. The normalized spacial score (nSPS) is 11.1. The second-order valence-corrected chi connectivity index (χ2v) is 6.37. The molecule has 0 saturated heterocycles. The van der Waals surface area contributed by atoms with Crippen molar-refractivity contribution in [3.05, 3.63) is 82.1 Å². The Labute approximate surface area is 157 Å². The predicted molar refractivity (Wildman–Crippen MR) is 105 cm³/mol.